The molecule has 3 aromatic carbocycles. The Balaban J connectivity index is 1.55. The Bertz CT molecular complexity index is 846. The number of hydrogen-bond donors (Lipinski definition) is 1. The van der Waals surface area contributed by atoms with Crippen molar-refractivity contribution in [2.45, 2.75) is 19.3 Å². The summed E-state index contributed by atoms with van der Waals surface area (Å²) in [5.41, 5.74) is 1.93. The lowest BCUT2D eigenvalue weighted by Gasteiger charge is -2.12. The molecule has 0 aromatic heterocycles. The van der Waals surface area contributed by atoms with E-state index in [-0.39, 0.29) is 11.8 Å². The molecule has 1 amide bonds. The van der Waals surface area contributed by atoms with Crippen LogP contribution in [0.25, 0.3) is 0 Å². The minimum Gasteiger partial charge on any atom is -0.457 e. The van der Waals surface area contributed by atoms with Crippen LogP contribution in [0, 0.1) is 0 Å². The van der Waals surface area contributed by atoms with Crippen LogP contribution in [0.3, 0.4) is 0 Å². The van der Waals surface area contributed by atoms with Crippen molar-refractivity contribution in [1.82, 2.24) is 0 Å². The van der Waals surface area contributed by atoms with Gasteiger partial charge in [0, 0.05) is 16.6 Å². The zero-order valence-corrected chi connectivity index (χ0v) is 16.1. The first-order chi connectivity index (χ1) is 12.6. The van der Waals surface area contributed by atoms with Gasteiger partial charge >= 0.3 is 0 Å². The summed E-state index contributed by atoms with van der Waals surface area (Å²) in [6, 6.07) is 25.1. The lowest BCUT2D eigenvalue weighted by atomic mass is 9.97. The molecular formula is C22H20BrNO2. The molecule has 0 bridgehead atoms. The van der Waals surface area contributed by atoms with Gasteiger partial charge in [-0.2, -0.15) is 0 Å². The topological polar surface area (TPSA) is 38.3 Å². The van der Waals surface area contributed by atoms with Crippen LogP contribution in [0.15, 0.2) is 83.3 Å². The van der Waals surface area contributed by atoms with Crippen molar-refractivity contribution < 1.29 is 9.53 Å². The molecule has 0 saturated carbocycles. The largest absolute Gasteiger partial charge is 0.457 e. The summed E-state index contributed by atoms with van der Waals surface area (Å²) in [6.07, 6.45) is 0.446. The molecule has 26 heavy (non-hydrogen) atoms. The molecule has 1 atom stereocenters. The number of carbonyl (C=O) groups excluding carboxylic acids is 1. The number of halogens is 1. The second-order valence-electron chi connectivity index (χ2n) is 6.14. The first kappa shape index (κ1) is 18.2. The molecule has 4 heteroatoms. The number of rotatable bonds is 6. The number of anilines is 1. The standard InChI is InChI=1S/C22H20BrNO2/c1-16(17-5-3-2-4-6-17)15-22(25)24-19-9-13-21(14-10-19)26-20-11-7-18(23)8-12-20/h2-14,16H,15H2,1H3,(H,24,25)/t16-/m0/s1. The van der Waals surface area contributed by atoms with Gasteiger partial charge in [0.1, 0.15) is 11.5 Å². The number of amides is 1. The van der Waals surface area contributed by atoms with Crippen LogP contribution in [0.2, 0.25) is 0 Å². The molecule has 0 spiro atoms. The van der Waals surface area contributed by atoms with Crippen LogP contribution in [0.5, 0.6) is 11.5 Å². The highest BCUT2D eigenvalue weighted by Gasteiger charge is 2.11. The molecule has 3 nitrogen and oxygen atoms in total. The molecule has 0 aliphatic heterocycles. The minimum atomic E-state index is 0.00271. The van der Waals surface area contributed by atoms with Crippen LogP contribution in [-0.4, -0.2) is 5.91 Å². The van der Waals surface area contributed by atoms with Gasteiger partial charge in [0.2, 0.25) is 5.91 Å². The monoisotopic (exact) mass is 409 g/mol. The van der Waals surface area contributed by atoms with Crippen molar-refractivity contribution in [2.75, 3.05) is 5.32 Å². The zero-order chi connectivity index (χ0) is 18.4. The van der Waals surface area contributed by atoms with Gasteiger partial charge in [-0.25, -0.2) is 0 Å². The highest BCUT2D eigenvalue weighted by molar-refractivity contribution is 9.10. The van der Waals surface area contributed by atoms with Crippen molar-refractivity contribution in [3.8, 4) is 11.5 Å². The van der Waals surface area contributed by atoms with Crippen molar-refractivity contribution in [2.24, 2.45) is 0 Å². The lowest BCUT2D eigenvalue weighted by Crippen LogP contribution is -2.14. The Morgan fingerprint density at radius 2 is 1.50 bits per heavy atom. The van der Waals surface area contributed by atoms with Crippen LogP contribution < -0.4 is 10.1 Å². The Hall–Kier alpha value is -2.59. The number of ether oxygens (including phenoxy) is 1. The van der Waals surface area contributed by atoms with Crippen LogP contribution in [0.4, 0.5) is 5.69 Å². The Labute approximate surface area is 162 Å². The molecule has 0 radical (unpaired) electrons. The summed E-state index contributed by atoms with van der Waals surface area (Å²) in [7, 11) is 0. The molecular weight excluding hydrogens is 390 g/mol. The first-order valence-electron chi connectivity index (χ1n) is 8.48. The van der Waals surface area contributed by atoms with E-state index in [1.54, 1.807) is 0 Å². The van der Waals surface area contributed by atoms with E-state index in [1.165, 1.54) is 5.56 Å². The van der Waals surface area contributed by atoms with Gasteiger partial charge in [0.25, 0.3) is 0 Å². The Morgan fingerprint density at radius 3 is 2.12 bits per heavy atom. The van der Waals surface area contributed by atoms with E-state index < -0.39 is 0 Å². The number of nitrogens with one attached hydrogen (secondary N) is 1. The fraction of sp³-hybridized carbons (Fsp3) is 0.136. The number of carbonyl (C=O) groups is 1. The van der Waals surface area contributed by atoms with Crippen molar-refractivity contribution in [1.29, 1.82) is 0 Å². The van der Waals surface area contributed by atoms with E-state index in [0.717, 1.165) is 21.7 Å². The maximum atomic E-state index is 12.3. The molecule has 0 heterocycles. The van der Waals surface area contributed by atoms with E-state index >= 15 is 0 Å². The molecule has 1 N–H and O–H groups in total. The van der Waals surface area contributed by atoms with E-state index in [9.17, 15) is 4.79 Å². The molecule has 132 valence electrons. The van der Waals surface area contributed by atoms with Crippen molar-refractivity contribution in [3.05, 3.63) is 88.9 Å². The summed E-state index contributed by atoms with van der Waals surface area (Å²) in [5, 5.41) is 2.94. The van der Waals surface area contributed by atoms with Gasteiger partial charge in [-0.15, -0.1) is 0 Å². The first-order valence-corrected chi connectivity index (χ1v) is 9.28. The second kappa shape index (κ2) is 8.68. The number of benzene rings is 3. The molecule has 0 aliphatic rings. The summed E-state index contributed by atoms with van der Waals surface area (Å²) < 4.78 is 6.79. The minimum absolute atomic E-state index is 0.00271. The third-order valence-electron chi connectivity index (χ3n) is 4.05. The number of hydrogen-bond acceptors (Lipinski definition) is 2. The third kappa shape index (κ3) is 5.20. The molecule has 0 fully saturated rings. The summed E-state index contributed by atoms with van der Waals surface area (Å²) in [6.45, 7) is 2.06. The van der Waals surface area contributed by atoms with E-state index in [1.807, 2.05) is 78.9 Å². The van der Waals surface area contributed by atoms with Gasteiger partial charge < -0.3 is 10.1 Å². The molecule has 3 aromatic rings. The van der Waals surface area contributed by atoms with Gasteiger partial charge in [0.05, 0.1) is 0 Å². The third-order valence-corrected chi connectivity index (χ3v) is 4.58. The second-order valence-corrected chi connectivity index (χ2v) is 7.06. The van der Waals surface area contributed by atoms with Crippen molar-refractivity contribution in [3.63, 3.8) is 0 Å². The van der Waals surface area contributed by atoms with Gasteiger partial charge in [-0.1, -0.05) is 53.2 Å². The van der Waals surface area contributed by atoms with Gasteiger partial charge in [-0.3, -0.25) is 4.79 Å². The molecule has 0 unspecified atom stereocenters. The normalized spacial score (nSPS) is 11.6. The maximum Gasteiger partial charge on any atom is 0.224 e. The highest BCUT2D eigenvalue weighted by Crippen LogP contribution is 2.25. The molecule has 0 saturated heterocycles. The highest BCUT2D eigenvalue weighted by atomic mass is 79.9. The maximum absolute atomic E-state index is 12.3. The van der Waals surface area contributed by atoms with E-state index in [2.05, 4.69) is 28.2 Å². The predicted molar refractivity (Wildman–Crippen MR) is 109 cm³/mol. The quantitative estimate of drug-likeness (QED) is 0.513. The van der Waals surface area contributed by atoms with E-state index in [4.69, 9.17) is 4.74 Å². The average molecular weight is 410 g/mol. The van der Waals surface area contributed by atoms with Crippen molar-refractivity contribution >= 4 is 27.5 Å². The molecule has 0 aliphatic carbocycles. The molecule has 3 rings (SSSR count). The summed E-state index contributed by atoms with van der Waals surface area (Å²) >= 11 is 3.40. The van der Waals surface area contributed by atoms with Gasteiger partial charge in [0.15, 0.2) is 0 Å². The van der Waals surface area contributed by atoms with Crippen LogP contribution >= 0.6 is 15.9 Å². The van der Waals surface area contributed by atoms with E-state index in [0.29, 0.717) is 6.42 Å². The lowest BCUT2D eigenvalue weighted by molar-refractivity contribution is -0.116. The van der Waals surface area contributed by atoms with Crippen LogP contribution in [0.1, 0.15) is 24.8 Å². The average Bonchev–Trinajstić information content (AvgIpc) is 2.66. The Kier molecular flexibility index (Phi) is 6.08. The predicted octanol–water partition coefficient (Wildman–Crippen LogP) is 6.37. The Morgan fingerprint density at radius 1 is 0.923 bits per heavy atom. The fourth-order valence-electron chi connectivity index (χ4n) is 2.63. The SMILES string of the molecule is C[C@@H](CC(=O)Nc1ccc(Oc2ccc(Br)cc2)cc1)c1ccccc1. The smallest absolute Gasteiger partial charge is 0.224 e. The fourth-order valence-corrected chi connectivity index (χ4v) is 2.90. The van der Waals surface area contributed by atoms with Crippen LogP contribution in [-0.2, 0) is 4.79 Å². The van der Waals surface area contributed by atoms with Gasteiger partial charge in [-0.05, 0) is 60.0 Å². The zero-order valence-electron chi connectivity index (χ0n) is 14.5. The summed E-state index contributed by atoms with van der Waals surface area (Å²) in [5.74, 6) is 1.67. The summed E-state index contributed by atoms with van der Waals surface area (Å²) in [4.78, 5) is 12.3.